The van der Waals surface area contributed by atoms with Gasteiger partial charge in [-0.15, -0.1) is 0 Å². The molecule has 2 N–H and O–H groups in total. The number of rotatable bonds is 3. The first kappa shape index (κ1) is 13.2. The maximum absolute atomic E-state index is 11.3. The average molecular weight is 269 g/mol. The fourth-order valence-electron chi connectivity index (χ4n) is 2.41. The molecule has 0 aromatic heterocycles. The Hall–Kier alpha value is -1.26. The van der Waals surface area contributed by atoms with Crippen LogP contribution in [0, 0.1) is 0 Å². The van der Waals surface area contributed by atoms with Crippen LogP contribution in [0.5, 0.6) is 0 Å². The number of aliphatic carboxylic acids is 1. The van der Waals surface area contributed by atoms with Crippen LogP contribution in [0.1, 0.15) is 12.8 Å². The highest BCUT2D eigenvalue weighted by Gasteiger charge is 2.40. The number of piperidine rings is 1. The zero-order chi connectivity index (χ0) is 13.2. The number of hydrogen-bond donors (Lipinski definition) is 2. The standard InChI is InChI=1S/C13H17ClN2O2/c1-15-13(12(17)18)6-8-16(9-7-13)11-5-3-2-4-10(11)14/h2-5,15H,6-9H2,1H3,(H,17,18). The van der Waals surface area contributed by atoms with Crippen molar-refractivity contribution in [3.8, 4) is 0 Å². The maximum Gasteiger partial charge on any atom is 0.324 e. The van der Waals surface area contributed by atoms with Gasteiger partial charge in [0.25, 0.3) is 0 Å². The first-order valence-electron chi connectivity index (χ1n) is 6.01. The summed E-state index contributed by atoms with van der Waals surface area (Å²) in [6.07, 6.45) is 1.15. The molecule has 0 bridgehead atoms. The fraction of sp³-hybridized carbons (Fsp3) is 0.462. The number of likely N-dealkylation sites (N-methyl/N-ethyl adjacent to an activating group) is 1. The maximum atomic E-state index is 11.3. The highest BCUT2D eigenvalue weighted by atomic mass is 35.5. The van der Waals surface area contributed by atoms with Crippen molar-refractivity contribution in [1.29, 1.82) is 0 Å². The Kier molecular flexibility index (Phi) is 3.78. The number of halogens is 1. The smallest absolute Gasteiger partial charge is 0.324 e. The molecule has 4 nitrogen and oxygen atoms in total. The molecule has 2 rings (SSSR count). The number of carbonyl (C=O) groups is 1. The van der Waals surface area contributed by atoms with E-state index in [0.29, 0.717) is 31.0 Å². The Morgan fingerprint density at radius 3 is 2.50 bits per heavy atom. The number of anilines is 1. The summed E-state index contributed by atoms with van der Waals surface area (Å²) in [5.74, 6) is -0.774. The molecule has 1 fully saturated rings. The molecule has 1 heterocycles. The number of carboxylic acid groups (broad SMARTS) is 1. The molecule has 0 unspecified atom stereocenters. The van der Waals surface area contributed by atoms with E-state index < -0.39 is 11.5 Å². The number of hydrogen-bond acceptors (Lipinski definition) is 3. The highest BCUT2D eigenvalue weighted by molar-refractivity contribution is 6.33. The van der Waals surface area contributed by atoms with Gasteiger partial charge in [-0.1, -0.05) is 23.7 Å². The zero-order valence-electron chi connectivity index (χ0n) is 10.3. The molecule has 0 atom stereocenters. The van der Waals surface area contributed by atoms with Gasteiger partial charge in [0.2, 0.25) is 0 Å². The molecule has 1 saturated heterocycles. The van der Waals surface area contributed by atoms with Gasteiger partial charge in [-0.05, 0) is 32.0 Å². The molecule has 1 aromatic rings. The van der Waals surface area contributed by atoms with Crippen molar-refractivity contribution in [1.82, 2.24) is 5.32 Å². The molecule has 98 valence electrons. The molecule has 18 heavy (non-hydrogen) atoms. The van der Waals surface area contributed by atoms with Gasteiger partial charge in [0.05, 0.1) is 10.7 Å². The van der Waals surface area contributed by atoms with Gasteiger partial charge in [0.15, 0.2) is 0 Å². The third-order valence-electron chi connectivity index (χ3n) is 3.70. The molecule has 0 spiro atoms. The summed E-state index contributed by atoms with van der Waals surface area (Å²) in [6, 6.07) is 7.66. The van der Waals surface area contributed by atoms with Crippen molar-refractivity contribution >= 4 is 23.3 Å². The molecule has 0 amide bonds. The van der Waals surface area contributed by atoms with E-state index in [-0.39, 0.29) is 0 Å². The largest absolute Gasteiger partial charge is 0.480 e. The third-order valence-corrected chi connectivity index (χ3v) is 4.02. The number of nitrogens with one attached hydrogen (secondary N) is 1. The molecular weight excluding hydrogens is 252 g/mol. The van der Waals surface area contributed by atoms with Gasteiger partial charge in [0, 0.05) is 13.1 Å². The normalized spacial score (nSPS) is 18.7. The number of nitrogens with zero attached hydrogens (tertiary/aromatic N) is 1. The van der Waals surface area contributed by atoms with Crippen LogP contribution < -0.4 is 10.2 Å². The van der Waals surface area contributed by atoms with E-state index in [1.807, 2.05) is 24.3 Å². The lowest BCUT2D eigenvalue weighted by Crippen LogP contribution is -2.57. The predicted octanol–water partition coefficient (Wildman–Crippen LogP) is 1.98. The molecule has 0 aliphatic carbocycles. The van der Waals surface area contributed by atoms with Crippen molar-refractivity contribution in [3.05, 3.63) is 29.3 Å². The van der Waals surface area contributed by atoms with Gasteiger partial charge in [-0.25, -0.2) is 0 Å². The Balaban J connectivity index is 2.11. The van der Waals surface area contributed by atoms with Crippen molar-refractivity contribution in [2.45, 2.75) is 18.4 Å². The van der Waals surface area contributed by atoms with Crippen LogP contribution in [-0.4, -0.2) is 36.8 Å². The first-order chi connectivity index (χ1) is 8.59. The minimum absolute atomic E-state index is 0.573. The van der Waals surface area contributed by atoms with Crippen molar-refractivity contribution in [3.63, 3.8) is 0 Å². The lowest BCUT2D eigenvalue weighted by Gasteiger charge is -2.40. The topological polar surface area (TPSA) is 52.6 Å². The van der Waals surface area contributed by atoms with E-state index in [2.05, 4.69) is 10.2 Å². The van der Waals surface area contributed by atoms with Gasteiger partial charge in [0.1, 0.15) is 5.54 Å². The SMILES string of the molecule is CNC1(C(=O)O)CCN(c2ccccc2Cl)CC1. The van der Waals surface area contributed by atoms with Crippen LogP contribution in [0.15, 0.2) is 24.3 Å². The Bertz CT molecular complexity index is 442. The van der Waals surface area contributed by atoms with E-state index in [1.165, 1.54) is 0 Å². The van der Waals surface area contributed by atoms with E-state index in [0.717, 1.165) is 5.69 Å². The monoisotopic (exact) mass is 268 g/mol. The molecule has 1 aromatic carbocycles. The Morgan fingerprint density at radius 2 is 2.00 bits per heavy atom. The van der Waals surface area contributed by atoms with Crippen molar-refractivity contribution in [2.24, 2.45) is 0 Å². The van der Waals surface area contributed by atoms with Gasteiger partial charge in [-0.3, -0.25) is 4.79 Å². The van der Waals surface area contributed by atoms with Crippen LogP contribution in [0.3, 0.4) is 0 Å². The third kappa shape index (κ3) is 2.31. The minimum atomic E-state index is -0.794. The molecule has 1 aliphatic heterocycles. The summed E-state index contributed by atoms with van der Waals surface area (Å²) in [7, 11) is 1.71. The number of para-hydroxylation sites is 1. The second kappa shape index (κ2) is 5.16. The molecule has 0 radical (unpaired) electrons. The Labute approximate surface area is 112 Å². The van der Waals surface area contributed by atoms with Gasteiger partial charge < -0.3 is 15.3 Å². The lowest BCUT2D eigenvalue weighted by atomic mass is 9.87. The minimum Gasteiger partial charge on any atom is -0.480 e. The summed E-state index contributed by atoms with van der Waals surface area (Å²) >= 11 is 6.15. The number of benzene rings is 1. The van der Waals surface area contributed by atoms with Crippen LogP contribution in [0.2, 0.25) is 5.02 Å². The molecule has 0 saturated carbocycles. The molecule has 1 aliphatic rings. The van der Waals surface area contributed by atoms with Crippen LogP contribution >= 0.6 is 11.6 Å². The zero-order valence-corrected chi connectivity index (χ0v) is 11.1. The highest BCUT2D eigenvalue weighted by Crippen LogP contribution is 2.30. The lowest BCUT2D eigenvalue weighted by molar-refractivity contribution is -0.145. The summed E-state index contributed by atoms with van der Waals surface area (Å²) in [5, 5.41) is 13.0. The summed E-state index contributed by atoms with van der Waals surface area (Å²) < 4.78 is 0. The van der Waals surface area contributed by atoms with E-state index in [1.54, 1.807) is 7.05 Å². The molecular formula is C13H17ClN2O2. The summed E-state index contributed by atoms with van der Waals surface area (Å²) in [5.41, 5.74) is 0.187. The summed E-state index contributed by atoms with van der Waals surface area (Å²) in [4.78, 5) is 13.5. The van der Waals surface area contributed by atoms with Crippen LogP contribution in [0.4, 0.5) is 5.69 Å². The number of carboxylic acids is 1. The predicted molar refractivity (Wildman–Crippen MR) is 72.3 cm³/mol. The average Bonchev–Trinajstić information content (AvgIpc) is 2.39. The fourth-order valence-corrected chi connectivity index (χ4v) is 2.66. The van der Waals surface area contributed by atoms with Crippen molar-refractivity contribution < 1.29 is 9.90 Å². The van der Waals surface area contributed by atoms with Crippen LogP contribution in [0.25, 0.3) is 0 Å². The second-order valence-electron chi connectivity index (χ2n) is 4.58. The van der Waals surface area contributed by atoms with Gasteiger partial charge in [-0.2, -0.15) is 0 Å². The summed E-state index contributed by atoms with van der Waals surface area (Å²) in [6.45, 7) is 1.38. The second-order valence-corrected chi connectivity index (χ2v) is 4.98. The van der Waals surface area contributed by atoms with Crippen LogP contribution in [-0.2, 0) is 4.79 Å². The van der Waals surface area contributed by atoms with Crippen molar-refractivity contribution in [2.75, 3.05) is 25.0 Å². The molecule has 5 heteroatoms. The van der Waals surface area contributed by atoms with E-state index in [9.17, 15) is 9.90 Å². The van der Waals surface area contributed by atoms with E-state index in [4.69, 9.17) is 11.6 Å². The Morgan fingerprint density at radius 1 is 1.39 bits per heavy atom. The van der Waals surface area contributed by atoms with E-state index >= 15 is 0 Å². The quantitative estimate of drug-likeness (QED) is 0.880. The first-order valence-corrected chi connectivity index (χ1v) is 6.39. The van der Waals surface area contributed by atoms with Gasteiger partial charge >= 0.3 is 5.97 Å².